The predicted molar refractivity (Wildman–Crippen MR) is 103 cm³/mol. The average Bonchev–Trinajstić information content (AvgIpc) is 2.92. The van der Waals surface area contributed by atoms with E-state index < -0.39 is 21.3 Å². The maximum absolute atomic E-state index is 11.8. The summed E-state index contributed by atoms with van der Waals surface area (Å²) >= 11 is 0. The summed E-state index contributed by atoms with van der Waals surface area (Å²) in [4.78, 5) is 13.6. The summed E-state index contributed by atoms with van der Waals surface area (Å²) in [6.07, 6.45) is 3.28. The highest BCUT2D eigenvalue weighted by atomic mass is 32.2. The number of benzene rings is 1. The minimum absolute atomic E-state index is 0.0248. The fraction of sp³-hybridized carbons (Fsp3) is 0.667. The molecule has 1 aromatic rings. The van der Waals surface area contributed by atoms with Crippen molar-refractivity contribution < 1.29 is 22.7 Å². The molecule has 0 amide bonds. The van der Waals surface area contributed by atoms with Gasteiger partial charge in [0.1, 0.15) is 12.3 Å². The van der Waals surface area contributed by atoms with Gasteiger partial charge in [-0.1, -0.05) is 44.2 Å². The molecule has 0 spiro atoms. The van der Waals surface area contributed by atoms with Gasteiger partial charge in [-0.15, -0.1) is 0 Å². The van der Waals surface area contributed by atoms with Crippen molar-refractivity contribution in [3.05, 3.63) is 35.9 Å². The zero-order chi connectivity index (χ0) is 19.9. The third-order valence-electron chi connectivity index (χ3n) is 7.43. The van der Waals surface area contributed by atoms with Crippen molar-refractivity contribution in [3.63, 3.8) is 0 Å². The monoisotopic (exact) mass is 393 g/mol. The third kappa shape index (κ3) is 3.98. The first kappa shape index (κ1) is 20.5. The molecule has 27 heavy (non-hydrogen) atoms. The number of Topliss-reactive ketones (excluding diaryl/α,β-unsaturated/α-hetero) is 1. The van der Waals surface area contributed by atoms with Gasteiger partial charge in [0.2, 0.25) is 0 Å². The molecule has 2 bridgehead atoms. The standard InChI is InChI=1S/C11H15N.C10H16O4S/c1-10-7-8-12(10)9-11-5-3-2-4-6-11;1-9(2)7-3-4-10(9,8(11)5-7)6-15(12,13)14/h2-6,10H,7-9H2,1H3;7H,3-6H2,1-2H3,(H,12,13,14)/t10-;/m0./s1. The van der Waals surface area contributed by atoms with Gasteiger partial charge in [0, 0.05) is 23.8 Å². The second-order valence-electron chi connectivity index (χ2n) is 9.13. The maximum atomic E-state index is 11.8. The lowest BCUT2D eigenvalue weighted by Gasteiger charge is -2.37. The van der Waals surface area contributed by atoms with Crippen molar-refractivity contribution in [2.45, 2.75) is 59.0 Å². The zero-order valence-electron chi connectivity index (χ0n) is 16.5. The Bertz CT molecular complexity index is 790. The topological polar surface area (TPSA) is 78.7 Å². The number of hydrogen-bond donors (Lipinski definition) is 1. The molecule has 3 unspecified atom stereocenters. The molecule has 1 saturated heterocycles. The second-order valence-corrected chi connectivity index (χ2v) is 10.5. The van der Waals surface area contributed by atoms with E-state index in [9.17, 15) is 17.8 Å². The number of likely N-dealkylation sites (tertiary alicyclic amines) is 1. The Kier molecular flexibility index (Phi) is 5.54. The van der Waals surface area contributed by atoms with E-state index >= 15 is 0 Å². The minimum Gasteiger partial charge on any atom is -0.748 e. The molecule has 3 aliphatic rings. The molecular weight excluding hydrogens is 362 g/mol. The fourth-order valence-electron chi connectivity index (χ4n) is 5.17. The molecule has 5 nitrogen and oxygen atoms in total. The van der Waals surface area contributed by atoms with Crippen LogP contribution in [0.4, 0.5) is 0 Å². The first-order valence-corrected chi connectivity index (χ1v) is 11.5. The highest BCUT2D eigenvalue weighted by molar-refractivity contribution is 7.85. The molecule has 1 N–H and O–H groups in total. The van der Waals surface area contributed by atoms with Crippen molar-refractivity contribution in [2.24, 2.45) is 16.7 Å². The number of quaternary nitrogens is 1. The van der Waals surface area contributed by atoms with Gasteiger partial charge in [-0.3, -0.25) is 4.79 Å². The van der Waals surface area contributed by atoms with Gasteiger partial charge in [0.05, 0.1) is 28.5 Å². The highest BCUT2D eigenvalue weighted by Gasteiger charge is 2.64. The molecule has 0 aromatic heterocycles. The van der Waals surface area contributed by atoms with Crippen LogP contribution in [-0.2, 0) is 21.5 Å². The van der Waals surface area contributed by atoms with Crippen LogP contribution >= 0.6 is 0 Å². The molecule has 150 valence electrons. The normalized spacial score (nSPS) is 33.9. The number of ketones is 1. The molecule has 2 saturated carbocycles. The number of carbonyl (C=O) groups excluding carboxylic acids is 1. The van der Waals surface area contributed by atoms with Crippen LogP contribution in [-0.4, -0.2) is 37.1 Å². The fourth-order valence-corrected chi connectivity index (χ4v) is 6.45. The van der Waals surface area contributed by atoms with Crippen LogP contribution in [0.15, 0.2) is 30.3 Å². The summed E-state index contributed by atoms with van der Waals surface area (Å²) in [6, 6.07) is 11.7. The minimum atomic E-state index is -4.33. The molecule has 1 heterocycles. The largest absolute Gasteiger partial charge is 0.748 e. The summed E-state index contributed by atoms with van der Waals surface area (Å²) < 4.78 is 32.7. The molecule has 4 rings (SSSR count). The lowest BCUT2D eigenvalue weighted by Crippen LogP contribution is -3.20. The van der Waals surface area contributed by atoms with Gasteiger partial charge < -0.3 is 9.45 Å². The summed E-state index contributed by atoms with van der Waals surface area (Å²) in [5.41, 5.74) is 0.249. The van der Waals surface area contributed by atoms with Crippen LogP contribution in [0.3, 0.4) is 0 Å². The third-order valence-corrected chi connectivity index (χ3v) is 8.28. The van der Waals surface area contributed by atoms with E-state index in [1.807, 2.05) is 13.8 Å². The SMILES string of the molecule is CC1(C)C2CCC1(CS(=O)(=O)[O-])C(=O)C2.C[C@H]1CC[NH+]1Cc1ccccc1. The van der Waals surface area contributed by atoms with Crippen LogP contribution in [0.2, 0.25) is 0 Å². The van der Waals surface area contributed by atoms with Crippen LogP contribution in [0, 0.1) is 16.7 Å². The number of fused-ring (bicyclic) bond motifs is 2. The van der Waals surface area contributed by atoms with Crippen LogP contribution < -0.4 is 4.90 Å². The average molecular weight is 394 g/mol. The predicted octanol–water partition coefficient (Wildman–Crippen LogP) is 1.79. The molecule has 4 atom stereocenters. The van der Waals surface area contributed by atoms with Crippen molar-refractivity contribution >= 4 is 15.9 Å². The Labute approximate surface area is 162 Å². The number of nitrogens with one attached hydrogen (secondary N) is 1. The van der Waals surface area contributed by atoms with Crippen molar-refractivity contribution in [2.75, 3.05) is 12.3 Å². The Morgan fingerprint density at radius 3 is 2.26 bits per heavy atom. The van der Waals surface area contributed by atoms with E-state index in [0.29, 0.717) is 12.8 Å². The molecule has 0 radical (unpaired) electrons. The van der Waals surface area contributed by atoms with Gasteiger partial charge >= 0.3 is 0 Å². The van der Waals surface area contributed by atoms with Crippen LogP contribution in [0.5, 0.6) is 0 Å². The van der Waals surface area contributed by atoms with Gasteiger partial charge in [0.15, 0.2) is 0 Å². The smallest absolute Gasteiger partial charge is 0.140 e. The van der Waals surface area contributed by atoms with E-state index in [1.54, 1.807) is 4.90 Å². The van der Waals surface area contributed by atoms with E-state index in [-0.39, 0.29) is 17.1 Å². The molecular formula is C21H31NO4S. The van der Waals surface area contributed by atoms with Gasteiger partial charge in [0.25, 0.3) is 0 Å². The molecule has 6 heteroatoms. The second kappa shape index (κ2) is 7.30. The Morgan fingerprint density at radius 1 is 1.19 bits per heavy atom. The Balaban J connectivity index is 0.000000159. The van der Waals surface area contributed by atoms with E-state index in [4.69, 9.17) is 0 Å². The molecule has 2 aliphatic carbocycles. The van der Waals surface area contributed by atoms with E-state index in [1.165, 1.54) is 25.1 Å². The lowest BCUT2D eigenvalue weighted by atomic mass is 9.70. The van der Waals surface area contributed by atoms with Crippen molar-refractivity contribution in [1.82, 2.24) is 0 Å². The van der Waals surface area contributed by atoms with Gasteiger partial charge in [-0.25, -0.2) is 8.42 Å². The number of carbonyl (C=O) groups is 1. The van der Waals surface area contributed by atoms with E-state index in [0.717, 1.165) is 12.5 Å². The Hall–Kier alpha value is -1.24. The zero-order valence-corrected chi connectivity index (χ0v) is 17.3. The Morgan fingerprint density at radius 2 is 1.85 bits per heavy atom. The maximum Gasteiger partial charge on any atom is 0.140 e. The summed E-state index contributed by atoms with van der Waals surface area (Å²) in [6.45, 7) is 8.74. The van der Waals surface area contributed by atoms with Crippen molar-refractivity contribution in [1.29, 1.82) is 0 Å². The molecule has 1 aromatic carbocycles. The van der Waals surface area contributed by atoms with Crippen LogP contribution in [0.25, 0.3) is 0 Å². The lowest BCUT2D eigenvalue weighted by molar-refractivity contribution is -0.977. The molecule has 1 aliphatic heterocycles. The first-order chi connectivity index (χ1) is 12.6. The van der Waals surface area contributed by atoms with Crippen LogP contribution in [0.1, 0.15) is 52.0 Å². The molecule has 3 fully saturated rings. The first-order valence-electron chi connectivity index (χ1n) is 9.90. The summed E-state index contributed by atoms with van der Waals surface area (Å²) in [7, 11) is -4.33. The van der Waals surface area contributed by atoms with Crippen molar-refractivity contribution in [3.8, 4) is 0 Å². The van der Waals surface area contributed by atoms with Gasteiger partial charge in [-0.2, -0.15) is 0 Å². The number of rotatable bonds is 4. The quantitative estimate of drug-likeness (QED) is 0.791. The highest BCUT2D eigenvalue weighted by Crippen LogP contribution is 2.64. The van der Waals surface area contributed by atoms with Gasteiger partial charge in [-0.05, 0) is 31.1 Å². The number of hydrogen-bond acceptors (Lipinski definition) is 4. The summed E-state index contributed by atoms with van der Waals surface area (Å²) in [5.74, 6) is -0.280. The van der Waals surface area contributed by atoms with E-state index in [2.05, 4.69) is 37.3 Å². The summed E-state index contributed by atoms with van der Waals surface area (Å²) in [5, 5.41) is 0.